The van der Waals surface area contributed by atoms with Crippen LogP contribution in [0.3, 0.4) is 0 Å². The van der Waals surface area contributed by atoms with Crippen LogP contribution in [0.5, 0.6) is 0 Å². The van der Waals surface area contributed by atoms with Gasteiger partial charge < -0.3 is 24.6 Å². The Morgan fingerprint density at radius 1 is 0.500 bits per heavy atom. The fourth-order valence-electron chi connectivity index (χ4n) is 6.99. The van der Waals surface area contributed by atoms with E-state index in [0.717, 1.165) is 83.8 Å². The summed E-state index contributed by atoms with van der Waals surface area (Å²) in [4.78, 5) is 14.4. The zero-order chi connectivity index (χ0) is 36.6. The standard InChI is InChI=1S/C44H89NO5/c1-4-7-10-13-16-17-18-24-32-41-49-43(47)35-29-25-31-38-45(39-40-46)37-30-23-19-22-28-36-44(48)50-42(33-26-20-14-11-8-5-2)34-27-21-15-12-9-6-3/h42,44,46,48H,4-41H2,1-3H3. The van der Waals surface area contributed by atoms with Crippen LogP contribution in [0.15, 0.2) is 0 Å². The van der Waals surface area contributed by atoms with Crippen molar-refractivity contribution in [2.24, 2.45) is 0 Å². The number of esters is 1. The van der Waals surface area contributed by atoms with E-state index in [1.807, 2.05) is 0 Å². The number of ether oxygens (including phenoxy) is 2. The number of carbonyl (C=O) groups excluding carboxylic acids is 1. The van der Waals surface area contributed by atoms with Crippen LogP contribution >= 0.6 is 0 Å². The van der Waals surface area contributed by atoms with Crippen molar-refractivity contribution in [1.29, 1.82) is 0 Å². The number of hydrogen-bond acceptors (Lipinski definition) is 6. The van der Waals surface area contributed by atoms with Gasteiger partial charge in [-0.2, -0.15) is 0 Å². The molecule has 0 aliphatic heterocycles. The highest BCUT2D eigenvalue weighted by molar-refractivity contribution is 5.69. The fraction of sp³-hybridized carbons (Fsp3) is 0.977. The summed E-state index contributed by atoms with van der Waals surface area (Å²) >= 11 is 0. The van der Waals surface area contributed by atoms with Crippen molar-refractivity contribution in [3.63, 3.8) is 0 Å². The number of unbranched alkanes of at least 4 members (excludes halogenated alkanes) is 24. The summed E-state index contributed by atoms with van der Waals surface area (Å²) in [6.07, 6.45) is 38.8. The highest BCUT2D eigenvalue weighted by Gasteiger charge is 2.15. The number of rotatable bonds is 42. The second-order valence-electron chi connectivity index (χ2n) is 15.3. The van der Waals surface area contributed by atoms with Crippen molar-refractivity contribution in [1.82, 2.24) is 4.90 Å². The van der Waals surface area contributed by atoms with E-state index in [1.165, 1.54) is 141 Å². The lowest BCUT2D eigenvalue weighted by molar-refractivity contribution is -0.144. The molecule has 0 fully saturated rings. The predicted octanol–water partition coefficient (Wildman–Crippen LogP) is 12.5. The van der Waals surface area contributed by atoms with Gasteiger partial charge in [-0.1, -0.05) is 175 Å². The van der Waals surface area contributed by atoms with Gasteiger partial charge in [-0.25, -0.2) is 0 Å². The molecule has 0 saturated heterocycles. The van der Waals surface area contributed by atoms with E-state index in [9.17, 15) is 15.0 Å². The van der Waals surface area contributed by atoms with E-state index in [0.29, 0.717) is 13.0 Å². The van der Waals surface area contributed by atoms with Gasteiger partial charge in [0, 0.05) is 13.0 Å². The minimum absolute atomic E-state index is 0.0444. The lowest BCUT2D eigenvalue weighted by atomic mass is 10.0. The lowest BCUT2D eigenvalue weighted by Gasteiger charge is -2.22. The lowest BCUT2D eigenvalue weighted by Crippen LogP contribution is -2.29. The van der Waals surface area contributed by atoms with E-state index >= 15 is 0 Å². The number of hydrogen-bond donors (Lipinski definition) is 2. The first-order chi connectivity index (χ1) is 24.6. The van der Waals surface area contributed by atoms with E-state index in [4.69, 9.17) is 9.47 Å². The van der Waals surface area contributed by atoms with Gasteiger partial charge in [-0.05, 0) is 64.5 Å². The van der Waals surface area contributed by atoms with Crippen molar-refractivity contribution >= 4 is 5.97 Å². The molecule has 2 N–H and O–H groups in total. The van der Waals surface area contributed by atoms with E-state index in [-0.39, 0.29) is 18.7 Å². The number of aliphatic hydroxyl groups excluding tert-OH is 2. The third-order valence-corrected chi connectivity index (χ3v) is 10.3. The first-order valence-electron chi connectivity index (χ1n) is 22.4. The quantitative estimate of drug-likeness (QED) is 0.0373. The Morgan fingerprint density at radius 2 is 0.900 bits per heavy atom. The average molecular weight is 712 g/mol. The molecule has 6 nitrogen and oxygen atoms in total. The Balaban J connectivity index is 3.95. The largest absolute Gasteiger partial charge is 0.466 e. The number of nitrogens with zero attached hydrogens (tertiary/aromatic N) is 1. The molecule has 0 aliphatic carbocycles. The maximum Gasteiger partial charge on any atom is 0.305 e. The van der Waals surface area contributed by atoms with Crippen molar-refractivity contribution in [2.45, 2.75) is 245 Å². The minimum Gasteiger partial charge on any atom is -0.466 e. The Kier molecular flexibility index (Phi) is 40.5. The molecule has 0 amide bonds. The number of aliphatic hydroxyl groups is 2. The molecule has 1 unspecified atom stereocenters. The summed E-state index contributed by atoms with van der Waals surface area (Å²) in [6, 6.07) is 0. The van der Waals surface area contributed by atoms with Gasteiger partial charge in [-0.15, -0.1) is 0 Å². The molecule has 50 heavy (non-hydrogen) atoms. The Bertz CT molecular complexity index is 646. The topological polar surface area (TPSA) is 79.2 Å². The minimum atomic E-state index is -0.623. The van der Waals surface area contributed by atoms with Crippen molar-refractivity contribution in [2.75, 3.05) is 32.8 Å². The second-order valence-corrected chi connectivity index (χ2v) is 15.3. The van der Waals surface area contributed by atoms with Gasteiger partial charge in [-0.3, -0.25) is 4.79 Å². The predicted molar refractivity (Wildman–Crippen MR) is 215 cm³/mol. The van der Waals surface area contributed by atoms with E-state index in [1.54, 1.807) is 0 Å². The van der Waals surface area contributed by atoms with Crippen LogP contribution in [0.2, 0.25) is 0 Å². The summed E-state index contributed by atoms with van der Waals surface area (Å²) in [5, 5.41) is 20.2. The zero-order valence-corrected chi connectivity index (χ0v) is 34.1. The molecule has 0 saturated carbocycles. The van der Waals surface area contributed by atoms with Crippen LogP contribution < -0.4 is 0 Å². The average Bonchev–Trinajstić information content (AvgIpc) is 3.11. The SMILES string of the molecule is CCCCCCCCCCCOC(=O)CCCCCN(CCO)CCCCCCCC(O)OC(CCCCCCCC)CCCCCCCC. The third kappa shape index (κ3) is 37.1. The van der Waals surface area contributed by atoms with Gasteiger partial charge in [0.2, 0.25) is 0 Å². The van der Waals surface area contributed by atoms with Crippen LogP contribution in [0.4, 0.5) is 0 Å². The van der Waals surface area contributed by atoms with E-state index in [2.05, 4.69) is 25.7 Å². The Hall–Kier alpha value is -0.690. The van der Waals surface area contributed by atoms with Crippen LogP contribution in [-0.4, -0.2) is 66.3 Å². The second kappa shape index (κ2) is 41.1. The summed E-state index contributed by atoms with van der Waals surface area (Å²) in [5.41, 5.74) is 0. The summed E-state index contributed by atoms with van der Waals surface area (Å²) in [6.45, 7) is 10.3. The number of carbonyl (C=O) groups is 1. The monoisotopic (exact) mass is 712 g/mol. The third-order valence-electron chi connectivity index (χ3n) is 10.3. The summed E-state index contributed by atoms with van der Waals surface area (Å²) in [7, 11) is 0. The van der Waals surface area contributed by atoms with Gasteiger partial charge >= 0.3 is 5.97 Å². The molecule has 0 bridgehead atoms. The molecule has 0 aromatic rings. The van der Waals surface area contributed by atoms with Gasteiger partial charge in [0.1, 0.15) is 0 Å². The van der Waals surface area contributed by atoms with Gasteiger partial charge in [0.15, 0.2) is 6.29 Å². The first-order valence-corrected chi connectivity index (χ1v) is 22.4. The Labute approximate surface area is 312 Å². The van der Waals surface area contributed by atoms with Gasteiger partial charge in [0.05, 0.1) is 19.3 Å². The molecule has 300 valence electrons. The highest BCUT2D eigenvalue weighted by atomic mass is 16.6. The summed E-state index contributed by atoms with van der Waals surface area (Å²) < 4.78 is 11.6. The van der Waals surface area contributed by atoms with E-state index < -0.39 is 6.29 Å². The fourth-order valence-corrected chi connectivity index (χ4v) is 6.99. The zero-order valence-electron chi connectivity index (χ0n) is 34.1. The van der Waals surface area contributed by atoms with Gasteiger partial charge in [0.25, 0.3) is 0 Å². The molecule has 0 aromatic heterocycles. The molecule has 6 heteroatoms. The molecule has 0 rings (SSSR count). The molecule has 0 spiro atoms. The molecule has 0 heterocycles. The summed E-state index contributed by atoms with van der Waals surface area (Å²) in [5.74, 6) is -0.0444. The van der Waals surface area contributed by atoms with Crippen molar-refractivity contribution < 1.29 is 24.5 Å². The van der Waals surface area contributed by atoms with Crippen molar-refractivity contribution in [3.8, 4) is 0 Å². The molecular weight excluding hydrogens is 622 g/mol. The highest BCUT2D eigenvalue weighted by Crippen LogP contribution is 2.20. The van der Waals surface area contributed by atoms with Crippen LogP contribution in [0, 0.1) is 0 Å². The molecular formula is C44H89NO5. The molecule has 1 atom stereocenters. The van der Waals surface area contributed by atoms with Crippen LogP contribution in [0.1, 0.15) is 233 Å². The van der Waals surface area contributed by atoms with Crippen LogP contribution in [-0.2, 0) is 14.3 Å². The van der Waals surface area contributed by atoms with Crippen LogP contribution in [0.25, 0.3) is 0 Å². The maximum absolute atomic E-state index is 12.1. The molecule has 0 aromatic carbocycles. The molecule has 0 aliphatic rings. The first kappa shape index (κ1) is 49.3. The smallest absolute Gasteiger partial charge is 0.305 e. The molecule has 0 radical (unpaired) electrons. The Morgan fingerprint density at radius 3 is 1.38 bits per heavy atom. The maximum atomic E-state index is 12.1. The van der Waals surface area contributed by atoms with Crippen molar-refractivity contribution in [3.05, 3.63) is 0 Å². The normalized spacial score (nSPS) is 12.4.